The highest BCUT2D eigenvalue weighted by Crippen LogP contribution is 2.38. The van der Waals surface area contributed by atoms with E-state index in [9.17, 15) is 0 Å². The first-order chi connectivity index (χ1) is 13.7. The third kappa shape index (κ3) is 3.05. The number of rotatable bonds is 3. The molecule has 1 heteroatoms. The third-order valence-electron chi connectivity index (χ3n) is 7.41. The fourth-order valence-corrected chi connectivity index (χ4v) is 5.74. The van der Waals surface area contributed by atoms with E-state index in [1.165, 1.54) is 84.7 Å². The van der Waals surface area contributed by atoms with Crippen LogP contribution in [0.2, 0.25) is 0 Å². The number of nitrogens with zero attached hydrogens (tertiary/aromatic N) is 1. The highest BCUT2D eigenvalue weighted by atomic mass is 14.9. The molecule has 1 aromatic heterocycles. The summed E-state index contributed by atoms with van der Waals surface area (Å²) in [5.41, 5.74) is 8.59. The Morgan fingerprint density at radius 1 is 0.786 bits per heavy atom. The summed E-state index contributed by atoms with van der Waals surface area (Å²) in [7, 11) is 2.25. The second-order valence-corrected chi connectivity index (χ2v) is 9.09. The lowest BCUT2D eigenvalue weighted by molar-refractivity contribution is -0.633. The topological polar surface area (TPSA) is 3.88 Å². The van der Waals surface area contributed by atoms with Crippen molar-refractivity contribution < 1.29 is 4.57 Å². The molecule has 2 fully saturated rings. The quantitative estimate of drug-likeness (QED) is 0.439. The van der Waals surface area contributed by atoms with Crippen molar-refractivity contribution in [1.82, 2.24) is 0 Å². The molecule has 0 N–H and O–H groups in total. The Balaban J connectivity index is 1.62. The highest BCUT2D eigenvalue weighted by molar-refractivity contribution is 5.82. The van der Waals surface area contributed by atoms with Crippen molar-refractivity contribution in [1.29, 1.82) is 0 Å². The molecule has 2 aliphatic carbocycles. The summed E-state index contributed by atoms with van der Waals surface area (Å²) < 4.78 is 2.43. The maximum Gasteiger partial charge on any atom is 0.213 e. The van der Waals surface area contributed by atoms with Crippen LogP contribution in [-0.4, -0.2) is 0 Å². The fraction of sp³-hybridized carbons (Fsp3) is 0.444. The van der Waals surface area contributed by atoms with E-state index in [-0.39, 0.29) is 0 Å². The molecule has 144 valence electrons. The molecule has 0 aliphatic heterocycles. The number of fused-ring (bicyclic) bond motifs is 1. The molecule has 0 bridgehead atoms. The number of aromatic nitrogens is 1. The van der Waals surface area contributed by atoms with Crippen molar-refractivity contribution >= 4 is 10.9 Å². The van der Waals surface area contributed by atoms with E-state index in [1.54, 1.807) is 5.56 Å². The van der Waals surface area contributed by atoms with Crippen molar-refractivity contribution in [3.8, 4) is 11.3 Å². The molecule has 0 amide bonds. The lowest BCUT2D eigenvalue weighted by Crippen LogP contribution is -2.32. The van der Waals surface area contributed by atoms with E-state index in [1.807, 2.05) is 0 Å². The zero-order valence-corrected chi connectivity index (χ0v) is 17.4. The molecule has 5 rings (SSSR count). The lowest BCUT2D eigenvalue weighted by atomic mass is 9.91. The Kier molecular flexibility index (Phi) is 4.70. The summed E-state index contributed by atoms with van der Waals surface area (Å²) in [6, 6.07) is 18.9. The SMILES string of the molecule is Cc1ccc(C2CCCC2)cc1-c1ccc2c(C3CCCC3)cccc2[n+]1C. The first-order valence-corrected chi connectivity index (χ1v) is 11.2. The Morgan fingerprint density at radius 3 is 2.25 bits per heavy atom. The summed E-state index contributed by atoms with van der Waals surface area (Å²) >= 11 is 0. The van der Waals surface area contributed by atoms with Gasteiger partial charge < -0.3 is 0 Å². The second kappa shape index (κ2) is 7.35. The van der Waals surface area contributed by atoms with Crippen LogP contribution in [0.5, 0.6) is 0 Å². The minimum atomic E-state index is 0.752. The third-order valence-corrected chi connectivity index (χ3v) is 7.41. The minimum Gasteiger partial charge on any atom is -0.194 e. The zero-order chi connectivity index (χ0) is 19.1. The molecule has 0 saturated heterocycles. The van der Waals surface area contributed by atoms with Gasteiger partial charge in [-0.1, -0.05) is 49.9 Å². The zero-order valence-electron chi connectivity index (χ0n) is 17.4. The van der Waals surface area contributed by atoms with Crippen LogP contribution in [0.25, 0.3) is 22.2 Å². The lowest BCUT2D eigenvalue weighted by Gasteiger charge is -2.15. The average molecular weight is 371 g/mol. The fourth-order valence-electron chi connectivity index (χ4n) is 5.74. The molecule has 2 saturated carbocycles. The first-order valence-electron chi connectivity index (χ1n) is 11.2. The Labute approximate surface area is 169 Å². The van der Waals surface area contributed by atoms with E-state index in [0.29, 0.717) is 0 Å². The van der Waals surface area contributed by atoms with Crippen molar-refractivity contribution in [2.24, 2.45) is 7.05 Å². The molecule has 2 aromatic carbocycles. The standard InChI is InChI=1S/C27H32N/c1-19-14-15-22(20-8-3-4-9-20)18-25(19)27-17-16-24-23(21-10-5-6-11-21)12-7-13-26(24)28(27)2/h7,12-18,20-21H,3-6,8-11H2,1-2H3/q+1. The summed E-state index contributed by atoms with van der Waals surface area (Å²) in [5.74, 6) is 1.51. The molecule has 0 spiro atoms. The maximum absolute atomic E-state index is 2.48. The molecule has 2 aliphatic rings. The Bertz CT molecular complexity index is 1000. The van der Waals surface area contributed by atoms with Crippen molar-refractivity contribution in [2.75, 3.05) is 0 Å². The van der Waals surface area contributed by atoms with Gasteiger partial charge in [-0.2, -0.15) is 4.57 Å². The largest absolute Gasteiger partial charge is 0.213 e. The summed E-state index contributed by atoms with van der Waals surface area (Å²) in [6.07, 6.45) is 11.0. The maximum atomic E-state index is 2.48. The van der Waals surface area contributed by atoms with Crippen molar-refractivity contribution in [2.45, 2.75) is 70.1 Å². The number of aryl methyl sites for hydroxylation is 2. The molecule has 28 heavy (non-hydrogen) atoms. The monoisotopic (exact) mass is 370 g/mol. The van der Waals surface area contributed by atoms with Crippen molar-refractivity contribution in [3.05, 3.63) is 65.2 Å². The second-order valence-electron chi connectivity index (χ2n) is 9.09. The van der Waals surface area contributed by atoms with Crippen LogP contribution in [0.4, 0.5) is 0 Å². The minimum absolute atomic E-state index is 0.752. The normalized spacial score (nSPS) is 18.4. The van der Waals surface area contributed by atoms with E-state index in [2.05, 4.69) is 67.1 Å². The molecular formula is C27H32N+. The predicted octanol–water partition coefficient (Wildman–Crippen LogP) is 6.95. The van der Waals surface area contributed by atoms with Crippen LogP contribution in [0.3, 0.4) is 0 Å². The van der Waals surface area contributed by atoms with Gasteiger partial charge in [0, 0.05) is 23.1 Å². The van der Waals surface area contributed by atoms with E-state index < -0.39 is 0 Å². The van der Waals surface area contributed by atoms with Crippen molar-refractivity contribution in [3.63, 3.8) is 0 Å². The van der Waals surface area contributed by atoms with Gasteiger partial charge in [0.25, 0.3) is 0 Å². The number of hydrogen-bond acceptors (Lipinski definition) is 0. The van der Waals surface area contributed by atoms with Gasteiger partial charge in [0.05, 0.1) is 0 Å². The molecule has 3 aromatic rings. The Morgan fingerprint density at radius 2 is 1.50 bits per heavy atom. The van der Waals surface area contributed by atoms with E-state index >= 15 is 0 Å². The van der Waals surface area contributed by atoms with Crippen LogP contribution < -0.4 is 4.57 Å². The molecule has 0 unspecified atom stereocenters. The first kappa shape index (κ1) is 17.9. The number of hydrogen-bond donors (Lipinski definition) is 0. The van der Waals surface area contributed by atoms with Gasteiger partial charge in [0.1, 0.15) is 7.05 Å². The van der Waals surface area contributed by atoms with Gasteiger partial charge in [-0.3, -0.25) is 0 Å². The van der Waals surface area contributed by atoms with Gasteiger partial charge in [-0.05, 0) is 73.3 Å². The summed E-state index contributed by atoms with van der Waals surface area (Å²) in [5, 5.41) is 1.45. The predicted molar refractivity (Wildman–Crippen MR) is 118 cm³/mol. The van der Waals surface area contributed by atoms with Gasteiger partial charge in [0.15, 0.2) is 0 Å². The van der Waals surface area contributed by atoms with E-state index in [0.717, 1.165) is 11.8 Å². The van der Waals surface area contributed by atoms with Crippen LogP contribution in [0.1, 0.15) is 79.9 Å². The van der Waals surface area contributed by atoms with Gasteiger partial charge in [-0.25, -0.2) is 0 Å². The number of benzene rings is 2. The summed E-state index contributed by atoms with van der Waals surface area (Å²) in [6.45, 7) is 2.26. The average Bonchev–Trinajstić information content (AvgIpc) is 3.43. The Hall–Kier alpha value is -2.15. The van der Waals surface area contributed by atoms with E-state index in [4.69, 9.17) is 0 Å². The van der Waals surface area contributed by atoms with Crippen LogP contribution in [0, 0.1) is 6.92 Å². The smallest absolute Gasteiger partial charge is 0.194 e. The number of pyridine rings is 1. The molecular weight excluding hydrogens is 338 g/mol. The molecule has 0 atom stereocenters. The molecule has 1 heterocycles. The van der Waals surface area contributed by atoms with Crippen LogP contribution in [0.15, 0.2) is 48.5 Å². The van der Waals surface area contributed by atoms with Crippen LogP contribution in [-0.2, 0) is 7.05 Å². The van der Waals surface area contributed by atoms with Gasteiger partial charge in [0.2, 0.25) is 11.2 Å². The molecule has 1 nitrogen and oxygen atoms in total. The highest BCUT2D eigenvalue weighted by Gasteiger charge is 2.24. The molecule has 0 radical (unpaired) electrons. The van der Waals surface area contributed by atoms with Gasteiger partial charge >= 0.3 is 0 Å². The van der Waals surface area contributed by atoms with Crippen LogP contribution >= 0.6 is 0 Å². The van der Waals surface area contributed by atoms with Gasteiger partial charge in [-0.15, -0.1) is 0 Å². The summed E-state index contributed by atoms with van der Waals surface area (Å²) in [4.78, 5) is 0.